The Morgan fingerprint density at radius 3 is 3.00 bits per heavy atom. The highest BCUT2D eigenvalue weighted by molar-refractivity contribution is 7.95. The van der Waals surface area contributed by atoms with Gasteiger partial charge in [0.15, 0.2) is 0 Å². The molecule has 3 heterocycles. The van der Waals surface area contributed by atoms with Crippen molar-refractivity contribution < 1.29 is 14.4 Å². The van der Waals surface area contributed by atoms with E-state index in [1.54, 1.807) is 22.9 Å². The number of aliphatic imine (C=N–C) groups is 1. The summed E-state index contributed by atoms with van der Waals surface area (Å²) in [4.78, 5) is 39.3. The Labute approximate surface area is 106 Å². The largest absolute Gasteiger partial charge is 0.331 e. The molecule has 1 fully saturated rings. The fourth-order valence-corrected chi connectivity index (χ4v) is 2.38. The first-order valence-electron chi connectivity index (χ1n) is 4.99. The van der Waals surface area contributed by atoms with Crippen LogP contribution in [-0.4, -0.2) is 39.7 Å². The molecule has 1 saturated heterocycles. The zero-order chi connectivity index (χ0) is 12.7. The molecule has 2 N–H and O–H groups in total. The van der Waals surface area contributed by atoms with Gasteiger partial charge in [0, 0.05) is 12.4 Å². The molecule has 0 unspecified atom stereocenters. The summed E-state index contributed by atoms with van der Waals surface area (Å²) < 4.78 is 4.68. The third kappa shape index (κ3) is 1.48. The normalized spacial score (nSPS) is 22.3. The maximum absolute atomic E-state index is 11.7. The Bertz CT molecular complexity index is 552. The Morgan fingerprint density at radius 1 is 1.33 bits per heavy atom. The molecule has 3 rings (SSSR count). The molecule has 8 nitrogen and oxygen atoms in total. The summed E-state index contributed by atoms with van der Waals surface area (Å²) in [6, 6.07) is 0. The number of carbonyl (C=O) groups excluding carboxylic acids is 3. The Balaban J connectivity index is 1.94. The van der Waals surface area contributed by atoms with Crippen LogP contribution in [0.2, 0.25) is 0 Å². The van der Waals surface area contributed by atoms with Gasteiger partial charge in [-0.1, -0.05) is 0 Å². The predicted molar refractivity (Wildman–Crippen MR) is 62.1 cm³/mol. The summed E-state index contributed by atoms with van der Waals surface area (Å²) in [6.07, 6.45) is 4.89. The number of amides is 2. The molecule has 2 amide bonds. The van der Waals surface area contributed by atoms with Crippen LogP contribution in [0, 0.1) is 0 Å². The first-order chi connectivity index (χ1) is 8.68. The molecule has 3 aliphatic heterocycles. The van der Waals surface area contributed by atoms with Gasteiger partial charge in [-0.25, -0.2) is 0 Å². The molecule has 0 saturated carbocycles. The first kappa shape index (κ1) is 10.8. The Morgan fingerprint density at radius 2 is 2.17 bits per heavy atom. The second-order valence-electron chi connectivity index (χ2n) is 3.56. The molecule has 0 aliphatic carbocycles. The number of carbonyl (C=O) groups is 3. The summed E-state index contributed by atoms with van der Waals surface area (Å²) in [5, 5.41) is 2.34. The van der Waals surface area contributed by atoms with Crippen molar-refractivity contribution in [2.75, 3.05) is 6.67 Å². The van der Waals surface area contributed by atoms with Gasteiger partial charge in [-0.2, -0.15) is 0 Å². The molecule has 0 radical (unpaired) electrons. The molecule has 18 heavy (non-hydrogen) atoms. The summed E-state index contributed by atoms with van der Waals surface area (Å²) in [5.41, 5.74) is 0.653. The number of fused-ring (bicyclic) bond motifs is 1. The van der Waals surface area contributed by atoms with Crippen molar-refractivity contribution >= 4 is 35.9 Å². The van der Waals surface area contributed by atoms with Gasteiger partial charge in [0.1, 0.15) is 18.2 Å². The van der Waals surface area contributed by atoms with Crippen molar-refractivity contribution in [2.45, 2.75) is 0 Å². The van der Waals surface area contributed by atoms with Crippen molar-refractivity contribution in [3.63, 3.8) is 0 Å². The van der Waals surface area contributed by atoms with Crippen molar-refractivity contribution in [2.24, 2.45) is 4.99 Å². The van der Waals surface area contributed by atoms with Crippen LogP contribution >= 0.6 is 12.1 Å². The minimum Gasteiger partial charge on any atom is -0.331 e. The quantitative estimate of drug-likeness (QED) is 0.450. The molecule has 92 valence electrons. The molecule has 0 bridgehead atoms. The van der Waals surface area contributed by atoms with Gasteiger partial charge >= 0.3 is 11.7 Å². The Kier molecular flexibility index (Phi) is 2.33. The Hall–Kier alpha value is -2.29. The summed E-state index contributed by atoms with van der Waals surface area (Å²) >= 11 is 1.25. The zero-order valence-corrected chi connectivity index (χ0v) is 9.73. The lowest BCUT2D eigenvalue weighted by Crippen LogP contribution is -2.55. The second-order valence-corrected chi connectivity index (χ2v) is 4.34. The summed E-state index contributed by atoms with van der Waals surface area (Å²) in [7, 11) is 0. The highest BCUT2D eigenvalue weighted by Gasteiger charge is 2.38. The van der Waals surface area contributed by atoms with E-state index < -0.39 is 17.6 Å². The van der Waals surface area contributed by atoms with E-state index in [9.17, 15) is 14.4 Å². The van der Waals surface area contributed by atoms with Crippen LogP contribution in [0.3, 0.4) is 0 Å². The number of ketones is 1. The van der Waals surface area contributed by atoms with E-state index in [1.165, 1.54) is 17.0 Å². The van der Waals surface area contributed by atoms with Crippen LogP contribution in [0.25, 0.3) is 0 Å². The van der Waals surface area contributed by atoms with Gasteiger partial charge < -0.3 is 5.32 Å². The standard InChI is InChI=1S/C9H7N5O3S/c15-6-8(16)11-4-13(9(6)17)7-5-3-10-1-2-14(5)18-12-7/h1-3,12H,4H2,(H,11,16). The van der Waals surface area contributed by atoms with Crippen molar-refractivity contribution in [1.82, 2.24) is 19.2 Å². The summed E-state index contributed by atoms with van der Waals surface area (Å²) in [5.74, 6) is -2.35. The molecule has 0 aromatic heterocycles. The molecule has 0 atom stereocenters. The van der Waals surface area contributed by atoms with E-state index in [1.807, 2.05) is 0 Å². The second kappa shape index (κ2) is 3.88. The third-order valence-corrected chi connectivity index (χ3v) is 3.32. The van der Waals surface area contributed by atoms with Crippen LogP contribution in [0.5, 0.6) is 0 Å². The third-order valence-electron chi connectivity index (χ3n) is 2.52. The number of hydrogen-bond donors (Lipinski definition) is 2. The fourth-order valence-electron chi connectivity index (χ4n) is 1.64. The van der Waals surface area contributed by atoms with E-state index in [-0.39, 0.29) is 6.67 Å². The average molecular weight is 265 g/mol. The number of Topliss-reactive ketones (excluding diaryl/α,β-unsaturated/α-hetero) is 1. The molecular weight excluding hydrogens is 258 g/mol. The number of hydrogen-bond acceptors (Lipinski definition) is 7. The topological polar surface area (TPSA) is 94.1 Å². The van der Waals surface area contributed by atoms with Gasteiger partial charge in [-0.3, -0.25) is 33.3 Å². The molecule has 0 aromatic carbocycles. The molecule has 0 spiro atoms. The van der Waals surface area contributed by atoms with Crippen LogP contribution in [0.4, 0.5) is 0 Å². The SMILES string of the molecule is O=C1NCN(C2=C3C=NC=CN3SN2)C(=O)C1=O. The first-order valence-corrected chi connectivity index (χ1v) is 5.76. The minimum atomic E-state index is -1.07. The van der Waals surface area contributed by atoms with Crippen LogP contribution in [0.15, 0.2) is 28.9 Å². The zero-order valence-electron chi connectivity index (χ0n) is 8.91. The van der Waals surface area contributed by atoms with Crippen molar-refractivity contribution in [3.8, 4) is 0 Å². The maximum atomic E-state index is 11.7. The van der Waals surface area contributed by atoms with E-state index in [4.69, 9.17) is 0 Å². The van der Waals surface area contributed by atoms with Gasteiger partial charge in [-0.15, -0.1) is 0 Å². The number of nitrogens with zero attached hydrogens (tertiary/aromatic N) is 3. The lowest BCUT2D eigenvalue weighted by Gasteiger charge is -2.26. The lowest BCUT2D eigenvalue weighted by molar-refractivity contribution is -0.153. The molecule has 9 heteroatoms. The number of rotatable bonds is 1. The monoisotopic (exact) mass is 265 g/mol. The molecule has 3 aliphatic rings. The smallest absolute Gasteiger partial charge is 0.307 e. The van der Waals surface area contributed by atoms with Gasteiger partial charge in [0.25, 0.3) is 5.91 Å². The number of nitrogens with one attached hydrogen (secondary N) is 2. The highest BCUT2D eigenvalue weighted by atomic mass is 32.2. The number of allylic oxidation sites excluding steroid dienone is 1. The molecule has 0 aromatic rings. The van der Waals surface area contributed by atoms with Gasteiger partial charge in [-0.05, 0) is 0 Å². The van der Waals surface area contributed by atoms with E-state index in [2.05, 4.69) is 15.0 Å². The highest BCUT2D eigenvalue weighted by Crippen LogP contribution is 2.29. The van der Waals surface area contributed by atoms with Crippen LogP contribution < -0.4 is 10.0 Å². The van der Waals surface area contributed by atoms with E-state index >= 15 is 0 Å². The fraction of sp³-hybridized carbons (Fsp3) is 0.111. The van der Waals surface area contributed by atoms with Gasteiger partial charge in [0.05, 0.1) is 18.3 Å². The lowest BCUT2D eigenvalue weighted by atomic mass is 10.2. The van der Waals surface area contributed by atoms with Crippen molar-refractivity contribution in [1.29, 1.82) is 0 Å². The minimum absolute atomic E-state index is 0.0405. The van der Waals surface area contributed by atoms with Gasteiger partial charge in [0.2, 0.25) is 0 Å². The van der Waals surface area contributed by atoms with Crippen molar-refractivity contribution in [3.05, 3.63) is 23.9 Å². The van der Waals surface area contributed by atoms with Crippen LogP contribution in [-0.2, 0) is 14.4 Å². The summed E-state index contributed by atoms with van der Waals surface area (Å²) in [6.45, 7) is -0.0405. The van der Waals surface area contributed by atoms with E-state index in [0.717, 1.165) is 0 Å². The average Bonchev–Trinajstić information content (AvgIpc) is 2.80. The maximum Gasteiger partial charge on any atom is 0.307 e. The molecular formula is C9H7N5O3S. The van der Waals surface area contributed by atoms with Crippen LogP contribution in [0.1, 0.15) is 0 Å². The predicted octanol–water partition coefficient (Wildman–Crippen LogP) is -1.34. The van der Waals surface area contributed by atoms with E-state index in [0.29, 0.717) is 11.5 Å².